The van der Waals surface area contributed by atoms with Crippen LogP contribution in [0.25, 0.3) is 11.1 Å². The van der Waals surface area contributed by atoms with E-state index in [1.54, 1.807) is 6.07 Å². The Morgan fingerprint density at radius 3 is 2.26 bits per heavy atom. The standard InChI is InChI=1S/C26H28F4O/c1-2-3-17-4-6-18(7-5-17)20-8-9-21-15-24(25(27)16-22(21)14-20)19-10-12-23(13-11-19)31-26(28,29)30/h2-3,10-13,15-18,20H,4-9,14H2,1H3/b3-2+. The molecule has 2 aromatic carbocycles. The summed E-state index contributed by atoms with van der Waals surface area (Å²) in [5, 5.41) is 0. The van der Waals surface area contributed by atoms with Crippen molar-refractivity contribution in [3.8, 4) is 16.9 Å². The summed E-state index contributed by atoms with van der Waals surface area (Å²) in [7, 11) is 0. The van der Waals surface area contributed by atoms with Gasteiger partial charge >= 0.3 is 6.36 Å². The molecule has 0 saturated heterocycles. The van der Waals surface area contributed by atoms with E-state index < -0.39 is 6.36 Å². The summed E-state index contributed by atoms with van der Waals surface area (Å²) in [6, 6.07) is 8.91. The fourth-order valence-corrected chi connectivity index (χ4v) is 5.35. The second-order valence-corrected chi connectivity index (χ2v) is 8.88. The fourth-order valence-electron chi connectivity index (χ4n) is 5.35. The summed E-state index contributed by atoms with van der Waals surface area (Å²) < 4.78 is 55.9. The number of rotatable bonds is 4. The predicted octanol–water partition coefficient (Wildman–Crippen LogP) is 7.88. The molecule has 1 saturated carbocycles. The molecule has 0 N–H and O–H groups in total. The van der Waals surface area contributed by atoms with Crippen LogP contribution in [0.4, 0.5) is 17.6 Å². The number of fused-ring (bicyclic) bond motifs is 1. The summed E-state index contributed by atoms with van der Waals surface area (Å²) >= 11 is 0. The van der Waals surface area contributed by atoms with Crippen LogP contribution in [0.2, 0.25) is 0 Å². The predicted molar refractivity (Wildman–Crippen MR) is 114 cm³/mol. The Kier molecular flexibility index (Phi) is 6.40. The summed E-state index contributed by atoms with van der Waals surface area (Å²) in [5.41, 5.74) is 3.23. The Labute approximate surface area is 181 Å². The minimum absolute atomic E-state index is 0.304. The van der Waals surface area contributed by atoms with Crippen LogP contribution in [-0.2, 0) is 12.8 Å². The Bertz CT molecular complexity index is 922. The lowest BCUT2D eigenvalue weighted by Gasteiger charge is -2.36. The second-order valence-electron chi connectivity index (χ2n) is 8.88. The van der Waals surface area contributed by atoms with Crippen molar-refractivity contribution in [1.82, 2.24) is 0 Å². The van der Waals surface area contributed by atoms with Gasteiger partial charge in [0.2, 0.25) is 0 Å². The van der Waals surface area contributed by atoms with Gasteiger partial charge in [0.1, 0.15) is 11.6 Å². The normalized spacial score (nSPS) is 24.2. The van der Waals surface area contributed by atoms with Gasteiger partial charge in [-0.1, -0.05) is 24.3 Å². The lowest BCUT2D eigenvalue weighted by Crippen LogP contribution is -2.26. The molecule has 166 valence electrons. The van der Waals surface area contributed by atoms with Crippen LogP contribution in [0, 0.1) is 23.6 Å². The van der Waals surface area contributed by atoms with E-state index in [1.165, 1.54) is 49.9 Å². The number of benzene rings is 2. The molecule has 1 unspecified atom stereocenters. The van der Waals surface area contributed by atoms with E-state index in [0.29, 0.717) is 23.0 Å². The van der Waals surface area contributed by atoms with Gasteiger partial charge in [-0.25, -0.2) is 4.39 Å². The van der Waals surface area contributed by atoms with Crippen molar-refractivity contribution in [1.29, 1.82) is 0 Å². The number of allylic oxidation sites excluding steroid dienone is 2. The SMILES string of the molecule is C/C=C/C1CCC(C2CCc3cc(-c4ccc(OC(F)(F)F)cc4)c(F)cc3C2)CC1. The molecular formula is C26H28F4O. The molecule has 0 heterocycles. The first kappa shape index (κ1) is 21.9. The van der Waals surface area contributed by atoms with Gasteiger partial charge in [-0.2, -0.15) is 0 Å². The summed E-state index contributed by atoms with van der Waals surface area (Å²) in [6.45, 7) is 2.08. The summed E-state index contributed by atoms with van der Waals surface area (Å²) in [5.74, 6) is 1.43. The maximum Gasteiger partial charge on any atom is 0.573 e. The highest BCUT2D eigenvalue weighted by atomic mass is 19.4. The largest absolute Gasteiger partial charge is 0.573 e. The molecule has 0 aliphatic heterocycles. The second kappa shape index (κ2) is 9.05. The Balaban J connectivity index is 1.46. The van der Waals surface area contributed by atoms with Crippen molar-refractivity contribution in [3.05, 3.63) is 65.5 Å². The van der Waals surface area contributed by atoms with Crippen molar-refractivity contribution in [2.75, 3.05) is 0 Å². The van der Waals surface area contributed by atoms with E-state index in [2.05, 4.69) is 23.8 Å². The molecule has 0 aromatic heterocycles. The van der Waals surface area contributed by atoms with Gasteiger partial charge in [-0.05, 0) is 111 Å². The molecular weight excluding hydrogens is 404 g/mol. The number of hydrogen-bond acceptors (Lipinski definition) is 1. The van der Waals surface area contributed by atoms with E-state index in [-0.39, 0.29) is 11.6 Å². The van der Waals surface area contributed by atoms with Gasteiger partial charge in [-0.3, -0.25) is 0 Å². The zero-order chi connectivity index (χ0) is 22.0. The molecule has 1 fully saturated rings. The number of alkyl halides is 3. The first-order chi connectivity index (χ1) is 14.8. The molecule has 2 aliphatic rings. The molecule has 2 aromatic rings. The lowest BCUT2D eigenvalue weighted by atomic mass is 9.69. The summed E-state index contributed by atoms with van der Waals surface area (Å²) in [6.07, 6.45) is 7.71. The molecule has 2 aliphatic carbocycles. The Hall–Kier alpha value is -2.30. The molecule has 1 atom stereocenters. The lowest BCUT2D eigenvalue weighted by molar-refractivity contribution is -0.274. The topological polar surface area (TPSA) is 9.23 Å². The third-order valence-electron chi connectivity index (χ3n) is 6.90. The van der Waals surface area contributed by atoms with Crippen LogP contribution < -0.4 is 4.74 Å². The van der Waals surface area contributed by atoms with Crippen molar-refractivity contribution in [3.63, 3.8) is 0 Å². The van der Waals surface area contributed by atoms with Crippen LogP contribution >= 0.6 is 0 Å². The minimum Gasteiger partial charge on any atom is -0.406 e. The maximum atomic E-state index is 14.9. The zero-order valence-corrected chi connectivity index (χ0v) is 17.7. The Morgan fingerprint density at radius 1 is 0.903 bits per heavy atom. The molecule has 0 bridgehead atoms. The third kappa shape index (κ3) is 5.31. The van der Waals surface area contributed by atoms with E-state index >= 15 is 0 Å². The molecule has 31 heavy (non-hydrogen) atoms. The van der Waals surface area contributed by atoms with Crippen molar-refractivity contribution >= 4 is 0 Å². The van der Waals surface area contributed by atoms with Crippen molar-refractivity contribution in [2.24, 2.45) is 17.8 Å². The molecule has 0 amide bonds. The molecule has 5 heteroatoms. The van der Waals surface area contributed by atoms with Gasteiger partial charge in [-0.15, -0.1) is 13.2 Å². The zero-order valence-electron chi connectivity index (χ0n) is 17.7. The van der Waals surface area contributed by atoms with Gasteiger partial charge in [0.15, 0.2) is 0 Å². The molecule has 1 nitrogen and oxygen atoms in total. The third-order valence-corrected chi connectivity index (χ3v) is 6.90. The molecule has 0 spiro atoms. The number of hydrogen-bond donors (Lipinski definition) is 0. The first-order valence-corrected chi connectivity index (χ1v) is 11.1. The van der Waals surface area contributed by atoms with Gasteiger partial charge in [0.25, 0.3) is 0 Å². The van der Waals surface area contributed by atoms with Gasteiger partial charge in [0.05, 0.1) is 0 Å². The minimum atomic E-state index is -4.74. The highest BCUT2D eigenvalue weighted by Crippen LogP contribution is 2.41. The summed E-state index contributed by atoms with van der Waals surface area (Å²) in [4.78, 5) is 0. The highest BCUT2D eigenvalue weighted by Gasteiger charge is 2.32. The van der Waals surface area contributed by atoms with Crippen molar-refractivity contribution < 1.29 is 22.3 Å². The van der Waals surface area contributed by atoms with Crippen LogP contribution in [0.1, 0.15) is 50.2 Å². The van der Waals surface area contributed by atoms with Crippen LogP contribution in [0.3, 0.4) is 0 Å². The first-order valence-electron chi connectivity index (χ1n) is 11.1. The Morgan fingerprint density at radius 2 is 1.61 bits per heavy atom. The van der Waals surface area contributed by atoms with E-state index in [4.69, 9.17) is 0 Å². The number of aryl methyl sites for hydroxylation is 1. The average Bonchev–Trinajstić information content (AvgIpc) is 2.73. The van der Waals surface area contributed by atoms with E-state index in [9.17, 15) is 17.6 Å². The quantitative estimate of drug-likeness (QED) is 0.353. The molecule has 0 radical (unpaired) electrons. The number of ether oxygens (including phenoxy) is 1. The molecule has 4 rings (SSSR count). The van der Waals surface area contributed by atoms with Crippen LogP contribution in [0.15, 0.2) is 48.6 Å². The smallest absolute Gasteiger partial charge is 0.406 e. The van der Waals surface area contributed by atoms with Gasteiger partial charge < -0.3 is 4.74 Å². The number of halogens is 4. The van der Waals surface area contributed by atoms with Crippen LogP contribution in [-0.4, -0.2) is 6.36 Å². The average molecular weight is 433 g/mol. The van der Waals surface area contributed by atoms with E-state index in [0.717, 1.165) is 36.3 Å². The highest BCUT2D eigenvalue weighted by molar-refractivity contribution is 5.66. The van der Waals surface area contributed by atoms with Gasteiger partial charge in [0, 0.05) is 5.56 Å². The van der Waals surface area contributed by atoms with E-state index in [1.807, 2.05) is 6.07 Å². The maximum absolute atomic E-state index is 14.9. The fraction of sp³-hybridized carbons (Fsp3) is 0.462. The monoisotopic (exact) mass is 432 g/mol. The van der Waals surface area contributed by atoms with Crippen molar-refractivity contribution in [2.45, 2.75) is 58.2 Å². The van der Waals surface area contributed by atoms with Crippen LogP contribution in [0.5, 0.6) is 5.75 Å².